The first-order chi connectivity index (χ1) is 7.70. The molecule has 0 aliphatic heterocycles. The number of benzene rings is 1. The zero-order chi connectivity index (χ0) is 11.5. The maximum Gasteiger partial charge on any atom is 0.192 e. The number of nitrogens with zero attached hydrogens (tertiary/aromatic N) is 2. The fourth-order valence-corrected chi connectivity index (χ4v) is 1.81. The summed E-state index contributed by atoms with van der Waals surface area (Å²) in [6.45, 7) is 2.80. The summed E-state index contributed by atoms with van der Waals surface area (Å²) in [5.74, 6) is 1.39. The topological polar surface area (TPSA) is 29.3 Å². The summed E-state index contributed by atoms with van der Waals surface area (Å²) in [6.07, 6.45) is 0.978. The van der Waals surface area contributed by atoms with Crippen molar-refractivity contribution in [2.45, 2.75) is 13.3 Å². The molecule has 0 aliphatic rings. The minimum atomic E-state index is 0.688. The lowest BCUT2D eigenvalue weighted by molar-refractivity contribution is 0.561. The highest BCUT2D eigenvalue weighted by molar-refractivity contribution is 6.17. The summed E-state index contributed by atoms with van der Waals surface area (Å²) in [4.78, 5) is 6.44. The van der Waals surface area contributed by atoms with Crippen LogP contribution in [-0.4, -0.2) is 24.5 Å². The smallest absolute Gasteiger partial charge is 0.192 e. The van der Waals surface area contributed by atoms with Crippen molar-refractivity contribution in [3.63, 3.8) is 0 Å². The normalized spacial score (nSPS) is 10.9. The number of alkyl halides is 1. The quantitative estimate of drug-likeness (QED) is 0.766. The highest BCUT2D eigenvalue weighted by Crippen LogP contribution is 2.22. The molecule has 0 bridgehead atoms. The van der Waals surface area contributed by atoms with Crippen LogP contribution in [-0.2, 0) is 0 Å². The highest BCUT2D eigenvalue weighted by Gasteiger charge is 2.05. The van der Waals surface area contributed by atoms with E-state index in [-0.39, 0.29) is 0 Å². The van der Waals surface area contributed by atoms with Crippen LogP contribution in [0.3, 0.4) is 0 Å². The number of hydrogen-bond donors (Lipinski definition) is 0. The third-order valence-electron chi connectivity index (χ3n) is 2.55. The van der Waals surface area contributed by atoms with Crippen molar-refractivity contribution < 1.29 is 4.42 Å². The van der Waals surface area contributed by atoms with Gasteiger partial charge in [-0.15, -0.1) is 11.6 Å². The van der Waals surface area contributed by atoms with Crippen LogP contribution in [0.5, 0.6) is 0 Å². The third-order valence-corrected chi connectivity index (χ3v) is 2.81. The fourth-order valence-electron chi connectivity index (χ4n) is 1.69. The fraction of sp³-hybridized carbons (Fsp3) is 0.417. The lowest BCUT2D eigenvalue weighted by Crippen LogP contribution is -2.18. The van der Waals surface area contributed by atoms with Gasteiger partial charge in [0.05, 0.1) is 0 Å². The molecule has 1 aromatic heterocycles. The van der Waals surface area contributed by atoms with Crippen molar-refractivity contribution in [3.05, 3.63) is 24.1 Å². The van der Waals surface area contributed by atoms with Crippen molar-refractivity contribution in [1.82, 2.24) is 4.98 Å². The second kappa shape index (κ2) is 4.74. The molecule has 0 saturated carbocycles. The van der Waals surface area contributed by atoms with Crippen LogP contribution >= 0.6 is 11.6 Å². The molecule has 86 valence electrons. The molecule has 0 spiro atoms. The third kappa shape index (κ3) is 2.30. The lowest BCUT2D eigenvalue weighted by Gasteiger charge is -2.18. The Bertz CT molecular complexity index is 481. The van der Waals surface area contributed by atoms with Gasteiger partial charge in [0.2, 0.25) is 0 Å². The molecular weight excluding hydrogens is 224 g/mol. The maximum absolute atomic E-state index is 5.68. The van der Waals surface area contributed by atoms with E-state index in [4.69, 9.17) is 16.0 Å². The Labute approximate surface area is 100 Å². The van der Waals surface area contributed by atoms with Gasteiger partial charge in [-0.3, -0.25) is 0 Å². The number of aromatic nitrogens is 1. The van der Waals surface area contributed by atoms with Crippen LogP contribution in [0, 0.1) is 6.92 Å². The molecule has 1 aromatic carbocycles. The van der Waals surface area contributed by atoms with Crippen molar-refractivity contribution in [1.29, 1.82) is 0 Å². The SMILES string of the molecule is Cc1nc2ccc(N(C)CCCCl)cc2o1. The Morgan fingerprint density at radius 3 is 3.00 bits per heavy atom. The molecule has 0 radical (unpaired) electrons. The van der Waals surface area contributed by atoms with Crippen LogP contribution in [0.4, 0.5) is 5.69 Å². The molecule has 0 amide bonds. The second-order valence-electron chi connectivity index (χ2n) is 3.85. The highest BCUT2D eigenvalue weighted by atomic mass is 35.5. The van der Waals surface area contributed by atoms with E-state index >= 15 is 0 Å². The molecule has 3 nitrogen and oxygen atoms in total. The molecule has 2 rings (SSSR count). The predicted octanol–water partition coefficient (Wildman–Crippen LogP) is 3.20. The van der Waals surface area contributed by atoms with Gasteiger partial charge in [0.15, 0.2) is 11.5 Å². The maximum atomic E-state index is 5.68. The van der Waals surface area contributed by atoms with Crippen LogP contribution in [0.25, 0.3) is 11.1 Å². The minimum Gasteiger partial charge on any atom is -0.441 e. The molecule has 0 aliphatic carbocycles. The van der Waals surface area contributed by atoms with E-state index in [0.717, 1.165) is 29.8 Å². The Kier molecular flexibility index (Phi) is 3.34. The zero-order valence-corrected chi connectivity index (χ0v) is 10.3. The van der Waals surface area contributed by atoms with Gasteiger partial charge in [-0.05, 0) is 18.6 Å². The summed E-state index contributed by atoms with van der Waals surface area (Å²) >= 11 is 5.68. The Morgan fingerprint density at radius 1 is 1.44 bits per heavy atom. The van der Waals surface area contributed by atoms with Crippen LogP contribution in [0.2, 0.25) is 0 Å². The number of hydrogen-bond acceptors (Lipinski definition) is 3. The van der Waals surface area contributed by atoms with Gasteiger partial charge in [0.25, 0.3) is 0 Å². The van der Waals surface area contributed by atoms with Gasteiger partial charge in [-0.1, -0.05) is 0 Å². The van der Waals surface area contributed by atoms with Gasteiger partial charge in [-0.2, -0.15) is 0 Å². The van der Waals surface area contributed by atoms with E-state index in [1.165, 1.54) is 0 Å². The minimum absolute atomic E-state index is 0.688. The Hall–Kier alpha value is -1.22. The molecule has 0 unspecified atom stereocenters. The molecule has 2 aromatic rings. The van der Waals surface area contributed by atoms with Crippen LogP contribution in [0.15, 0.2) is 22.6 Å². The average Bonchev–Trinajstić information content (AvgIpc) is 2.64. The summed E-state index contributed by atoms with van der Waals surface area (Å²) in [5.41, 5.74) is 2.88. The van der Waals surface area contributed by atoms with Gasteiger partial charge in [-0.25, -0.2) is 4.98 Å². The number of halogens is 1. The number of fused-ring (bicyclic) bond motifs is 1. The van der Waals surface area contributed by atoms with Gasteiger partial charge >= 0.3 is 0 Å². The second-order valence-corrected chi connectivity index (χ2v) is 4.23. The van der Waals surface area contributed by atoms with E-state index in [2.05, 4.69) is 23.0 Å². The molecule has 0 saturated heterocycles. The predicted molar refractivity (Wildman–Crippen MR) is 67.4 cm³/mol. The van der Waals surface area contributed by atoms with Gasteiger partial charge in [0.1, 0.15) is 5.52 Å². The van der Waals surface area contributed by atoms with E-state index < -0.39 is 0 Å². The summed E-state index contributed by atoms with van der Waals surface area (Å²) in [7, 11) is 2.05. The monoisotopic (exact) mass is 238 g/mol. The first-order valence-electron chi connectivity index (χ1n) is 5.35. The first-order valence-corrected chi connectivity index (χ1v) is 5.88. The van der Waals surface area contributed by atoms with Gasteiger partial charge < -0.3 is 9.32 Å². The lowest BCUT2D eigenvalue weighted by atomic mass is 10.2. The first kappa shape index (κ1) is 11.3. The number of aryl methyl sites for hydroxylation is 1. The van der Waals surface area contributed by atoms with Crippen molar-refractivity contribution in [2.24, 2.45) is 0 Å². The van der Waals surface area contributed by atoms with Crippen LogP contribution in [0.1, 0.15) is 12.3 Å². The van der Waals surface area contributed by atoms with E-state index in [1.54, 1.807) is 0 Å². The average molecular weight is 239 g/mol. The summed E-state index contributed by atoms with van der Waals surface area (Å²) < 4.78 is 5.50. The number of oxazole rings is 1. The number of anilines is 1. The molecular formula is C12H15ClN2O. The van der Waals surface area contributed by atoms with E-state index in [1.807, 2.05) is 19.1 Å². The van der Waals surface area contributed by atoms with E-state index in [0.29, 0.717) is 11.8 Å². The molecule has 0 atom stereocenters. The van der Waals surface area contributed by atoms with Crippen molar-refractivity contribution >= 4 is 28.4 Å². The largest absolute Gasteiger partial charge is 0.441 e. The van der Waals surface area contributed by atoms with Crippen LogP contribution < -0.4 is 4.90 Å². The summed E-state index contributed by atoms with van der Waals surface area (Å²) in [5, 5.41) is 0. The molecule has 4 heteroatoms. The standard InChI is InChI=1S/C12H15ClN2O/c1-9-14-11-5-4-10(8-12(11)16-9)15(2)7-3-6-13/h4-5,8H,3,6-7H2,1-2H3. The van der Waals surface area contributed by atoms with Crippen molar-refractivity contribution in [3.8, 4) is 0 Å². The molecule has 0 fully saturated rings. The molecule has 16 heavy (non-hydrogen) atoms. The van der Waals surface area contributed by atoms with Gasteiger partial charge in [0, 0.05) is 38.1 Å². The van der Waals surface area contributed by atoms with Crippen molar-refractivity contribution in [2.75, 3.05) is 24.4 Å². The summed E-state index contributed by atoms with van der Waals surface area (Å²) in [6, 6.07) is 6.06. The Morgan fingerprint density at radius 2 is 2.25 bits per heavy atom. The van der Waals surface area contributed by atoms with E-state index in [9.17, 15) is 0 Å². The zero-order valence-electron chi connectivity index (χ0n) is 9.53. The number of rotatable bonds is 4. The molecule has 1 heterocycles. The molecule has 0 N–H and O–H groups in total. The Balaban J connectivity index is 2.24.